The summed E-state index contributed by atoms with van der Waals surface area (Å²) in [6.45, 7) is 3.74. The van der Waals surface area contributed by atoms with Gasteiger partial charge >= 0.3 is 10.4 Å². The smallest absolute Gasteiger partial charge is 0.264 e. The van der Waals surface area contributed by atoms with Crippen LogP contribution in [0.25, 0.3) is 0 Å². The van der Waals surface area contributed by atoms with Gasteiger partial charge < -0.3 is 0 Å². The summed E-state index contributed by atoms with van der Waals surface area (Å²) in [5.74, 6) is 0. The van der Waals surface area contributed by atoms with Crippen molar-refractivity contribution < 1.29 is 17.2 Å². The first-order valence-electron chi connectivity index (χ1n) is 3.65. The van der Waals surface area contributed by atoms with E-state index in [1.165, 1.54) is 0 Å². The highest BCUT2D eigenvalue weighted by Crippen LogP contribution is 2.08. The molecule has 0 radical (unpaired) electrons. The van der Waals surface area contributed by atoms with E-state index in [0.717, 1.165) is 6.42 Å². The molecule has 0 fully saturated rings. The predicted octanol–water partition coefficient (Wildman–Crippen LogP) is 1.38. The van der Waals surface area contributed by atoms with E-state index < -0.39 is 10.4 Å². The van der Waals surface area contributed by atoms with Gasteiger partial charge in [-0.2, -0.15) is 8.42 Å². The van der Waals surface area contributed by atoms with Gasteiger partial charge in [-0.1, -0.05) is 20.3 Å². The molecule has 0 saturated carbocycles. The largest absolute Gasteiger partial charge is 0.397 e. The van der Waals surface area contributed by atoms with E-state index in [4.69, 9.17) is 4.55 Å². The lowest BCUT2D eigenvalue weighted by Crippen LogP contribution is -2.16. The number of rotatable bonds is 5. The van der Waals surface area contributed by atoms with Crippen LogP contribution in [0.5, 0.6) is 0 Å². The maximum atomic E-state index is 10.2. The molecule has 0 aliphatic heterocycles. The first-order chi connectivity index (χ1) is 4.99. The van der Waals surface area contributed by atoms with E-state index in [1.807, 2.05) is 13.8 Å². The second-order valence-electron chi connectivity index (χ2n) is 2.34. The molecule has 0 bridgehead atoms. The van der Waals surface area contributed by atoms with E-state index in [2.05, 4.69) is 4.18 Å². The number of hydrogen-bond donors (Lipinski definition) is 1. The van der Waals surface area contributed by atoms with Gasteiger partial charge in [0, 0.05) is 0 Å². The first kappa shape index (κ1) is 10.9. The average molecular weight is 182 g/mol. The lowest BCUT2D eigenvalue weighted by atomic mass is 10.2. The van der Waals surface area contributed by atoms with E-state index >= 15 is 0 Å². The van der Waals surface area contributed by atoms with Gasteiger partial charge in [-0.15, -0.1) is 0 Å². The summed E-state index contributed by atoms with van der Waals surface area (Å²) in [5.41, 5.74) is 0. The fraction of sp³-hybridized carbons (Fsp3) is 1.00. The van der Waals surface area contributed by atoms with Crippen molar-refractivity contribution in [3.63, 3.8) is 0 Å². The first-order valence-corrected chi connectivity index (χ1v) is 5.01. The van der Waals surface area contributed by atoms with Crippen molar-refractivity contribution in [2.45, 2.75) is 39.2 Å². The summed E-state index contributed by atoms with van der Waals surface area (Å²) in [4.78, 5) is 0. The molecular formula is C6H14O4S. The normalized spacial score (nSPS) is 14.8. The average Bonchev–Trinajstić information content (AvgIpc) is 1.84. The van der Waals surface area contributed by atoms with Gasteiger partial charge in [-0.3, -0.25) is 4.55 Å². The van der Waals surface area contributed by atoms with Crippen molar-refractivity contribution in [2.75, 3.05) is 0 Å². The Kier molecular flexibility index (Phi) is 4.63. The van der Waals surface area contributed by atoms with Gasteiger partial charge in [0.2, 0.25) is 0 Å². The molecule has 0 aromatic carbocycles. The van der Waals surface area contributed by atoms with Crippen LogP contribution in [0.4, 0.5) is 0 Å². The van der Waals surface area contributed by atoms with Crippen LogP contribution >= 0.6 is 0 Å². The molecule has 0 spiro atoms. The van der Waals surface area contributed by atoms with Crippen LogP contribution in [-0.2, 0) is 14.6 Å². The summed E-state index contributed by atoms with van der Waals surface area (Å²) in [7, 11) is -4.26. The standard InChI is InChI=1S/C6H14O4S/c1-3-5-6(4-2)10-11(7,8)9/h6H,3-5H2,1-2H3,(H,7,8,9). The Morgan fingerprint density at radius 2 is 2.00 bits per heavy atom. The van der Waals surface area contributed by atoms with Gasteiger partial charge in [-0.25, -0.2) is 4.18 Å². The van der Waals surface area contributed by atoms with Gasteiger partial charge in [0.25, 0.3) is 0 Å². The molecule has 1 unspecified atom stereocenters. The molecule has 68 valence electrons. The quantitative estimate of drug-likeness (QED) is 0.652. The molecule has 4 nitrogen and oxygen atoms in total. The molecule has 0 aliphatic carbocycles. The summed E-state index contributed by atoms with van der Waals surface area (Å²) in [6.07, 6.45) is 1.70. The summed E-state index contributed by atoms with van der Waals surface area (Å²) >= 11 is 0. The second kappa shape index (κ2) is 4.69. The van der Waals surface area contributed by atoms with E-state index in [-0.39, 0.29) is 6.10 Å². The third-order valence-corrected chi connectivity index (χ3v) is 1.84. The minimum Gasteiger partial charge on any atom is -0.264 e. The monoisotopic (exact) mass is 182 g/mol. The molecular weight excluding hydrogens is 168 g/mol. The highest BCUT2D eigenvalue weighted by atomic mass is 32.3. The van der Waals surface area contributed by atoms with Crippen LogP contribution in [-0.4, -0.2) is 19.1 Å². The molecule has 0 aromatic rings. The van der Waals surface area contributed by atoms with E-state index in [9.17, 15) is 8.42 Å². The minimum absolute atomic E-state index is 0.380. The van der Waals surface area contributed by atoms with Crippen LogP contribution in [0.15, 0.2) is 0 Å². The summed E-state index contributed by atoms with van der Waals surface area (Å²) < 4.78 is 33.1. The Morgan fingerprint density at radius 3 is 2.27 bits per heavy atom. The van der Waals surface area contributed by atoms with Crippen molar-refractivity contribution in [3.8, 4) is 0 Å². The lowest BCUT2D eigenvalue weighted by molar-refractivity contribution is 0.168. The fourth-order valence-electron chi connectivity index (χ4n) is 0.814. The van der Waals surface area contributed by atoms with Crippen LogP contribution in [0.2, 0.25) is 0 Å². The van der Waals surface area contributed by atoms with Crippen LogP contribution in [0.1, 0.15) is 33.1 Å². The molecule has 1 atom stereocenters. The molecule has 0 heterocycles. The molecule has 0 saturated heterocycles. The second-order valence-corrected chi connectivity index (χ2v) is 3.39. The highest BCUT2D eigenvalue weighted by Gasteiger charge is 2.13. The lowest BCUT2D eigenvalue weighted by Gasteiger charge is -2.10. The van der Waals surface area contributed by atoms with Crippen molar-refractivity contribution in [3.05, 3.63) is 0 Å². The summed E-state index contributed by atoms with van der Waals surface area (Å²) in [5, 5.41) is 0. The fourth-order valence-corrected chi connectivity index (χ4v) is 1.39. The molecule has 11 heavy (non-hydrogen) atoms. The maximum Gasteiger partial charge on any atom is 0.397 e. The Labute approximate surface area is 67.5 Å². The Bertz CT molecular complexity index is 185. The zero-order chi connectivity index (χ0) is 8.91. The Hall–Kier alpha value is -0.130. The van der Waals surface area contributed by atoms with Crippen LogP contribution in [0.3, 0.4) is 0 Å². The molecule has 0 amide bonds. The third-order valence-electron chi connectivity index (χ3n) is 1.32. The highest BCUT2D eigenvalue weighted by molar-refractivity contribution is 7.80. The maximum absolute atomic E-state index is 10.2. The minimum atomic E-state index is -4.26. The van der Waals surface area contributed by atoms with Gasteiger partial charge in [0.1, 0.15) is 0 Å². The summed E-state index contributed by atoms with van der Waals surface area (Å²) in [6, 6.07) is 0. The topological polar surface area (TPSA) is 63.6 Å². The molecule has 0 rings (SSSR count). The van der Waals surface area contributed by atoms with Gasteiger partial charge in [0.15, 0.2) is 0 Å². The van der Waals surface area contributed by atoms with Crippen molar-refractivity contribution in [1.29, 1.82) is 0 Å². The SMILES string of the molecule is CCCC(CC)OS(=O)(=O)O. The van der Waals surface area contributed by atoms with Crippen LogP contribution < -0.4 is 0 Å². The molecule has 5 heteroatoms. The van der Waals surface area contributed by atoms with Gasteiger partial charge in [0.05, 0.1) is 6.10 Å². The third kappa shape index (κ3) is 6.28. The zero-order valence-electron chi connectivity index (χ0n) is 6.78. The van der Waals surface area contributed by atoms with Crippen molar-refractivity contribution in [2.24, 2.45) is 0 Å². The van der Waals surface area contributed by atoms with Crippen molar-refractivity contribution in [1.82, 2.24) is 0 Å². The van der Waals surface area contributed by atoms with Crippen LogP contribution in [0, 0.1) is 0 Å². The molecule has 0 aliphatic rings. The predicted molar refractivity (Wildman–Crippen MR) is 41.6 cm³/mol. The van der Waals surface area contributed by atoms with E-state index in [0.29, 0.717) is 12.8 Å². The number of hydrogen-bond acceptors (Lipinski definition) is 3. The Morgan fingerprint density at radius 1 is 1.45 bits per heavy atom. The van der Waals surface area contributed by atoms with E-state index in [1.54, 1.807) is 0 Å². The molecule has 0 aromatic heterocycles. The Balaban J connectivity index is 3.88. The van der Waals surface area contributed by atoms with Gasteiger partial charge in [-0.05, 0) is 12.8 Å². The zero-order valence-corrected chi connectivity index (χ0v) is 7.60. The molecule has 1 N–H and O–H groups in total. The van der Waals surface area contributed by atoms with Crippen molar-refractivity contribution >= 4 is 10.4 Å².